The summed E-state index contributed by atoms with van der Waals surface area (Å²) in [6.45, 7) is 3.37. The Labute approximate surface area is 124 Å². The molecule has 21 heavy (non-hydrogen) atoms. The Hall–Kier alpha value is -1.91. The lowest BCUT2D eigenvalue weighted by Gasteiger charge is -2.31. The van der Waals surface area contributed by atoms with Gasteiger partial charge < -0.3 is 10.2 Å². The van der Waals surface area contributed by atoms with Gasteiger partial charge in [-0.25, -0.2) is 4.98 Å². The van der Waals surface area contributed by atoms with Gasteiger partial charge in [-0.15, -0.1) is 0 Å². The molecule has 0 unspecified atom stereocenters. The zero-order valence-corrected chi connectivity index (χ0v) is 12.3. The van der Waals surface area contributed by atoms with Crippen LogP contribution in [-0.4, -0.2) is 34.8 Å². The second-order valence-electron chi connectivity index (χ2n) is 6.08. The van der Waals surface area contributed by atoms with Crippen LogP contribution >= 0.6 is 0 Å². The number of anilines is 1. The van der Waals surface area contributed by atoms with Crippen LogP contribution in [0.25, 0.3) is 0 Å². The first-order valence-electron chi connectivity index (χ1n) is 7.66. The largest absolute Gasteiger partial charge is 0.342 e. The molecule has 1 saturated heterocycles. The maximum absolute atomic E-state index is 12.2. The van der Waals surface area contributed by atoms with Crippen LogP contribution in [0, 0.1) is 18.8 Å². The molecule has 1 aliphatic heterocycles. The fraction of sp³-hybridized carbons (Fsp3) is 0.562. The summed E-state index contributed by atoms with van der Waals surface area (Å²) in [7, 11) is 0. The fourth-order valence-corrected chi connectivity index (χ4v) is 2.72. The lowest BCUT2D eigenvalue weighted by atomic mass is 9.95. The summed E-state index contributed by atoms with van der Waals surface area (Å²) in [5.41, 5.74) is 1.07. The molecule has 2 aliphatic rings. The number of rotatable bonds is 3. The van der Waals surface area contributed by atoms with Gasteiger partial charge in [0.25, 0.3) is 0 Å². The molecule has 112 valence electrons. The van der Waals surface area contributed by atoms with Crippen LogP contribution in [-0.2, 0) is 9.59 Å². The van der Waals surface area contributed by atoms with Crippen LogP contribution in [0.2, 0.25) is 0 Å². The van der Waals surface area contributed by atoms with Crippen molar-refractivity contribution in [3.63, 3.8) is 0 Å². The van der Waals surface area contributed by atoms with Crippen LogP contribution < -0.4 is 5.32 Å². The van der Waals surface area contributed by atoms with Crippen molar-refractivity contribution < 1.29 is 9.59 Å². The minimum absolute atomic E-state index is 0.0173. The van der Waals surface area contributed by atoms with E-state index in [1.807, 2.05) is 24.0 Å². The van der Waals surface area contributed by atoms with E-state index in [2.05, 4.69) is 10.3 Å². The Balaban J connectivity index is 1.50. The third-order valence-corrected chi connectivity index (χ3v) is 4.27. The first-order chi connectivity index (χ1) is 10.1. The standard InChI is InChI=1S/C16H21N3O2/c1-11-2-5-14(17-10-11)18-15(20)12-6-8-19(9-7-12)16(21)13-3-4-13/h2,5,10,12-13H,3-4,6-9H2,1H3,(H,17,18,20). The number of amides is 2. The molecule has 2 heterocycles. The lowest BCUT2D eigenvalue weighted by molar-refractivity contribution is -0.135. The minimum Gasteiger partial charge on any atom is -0.342 e. The van der Waals surface area contributed by atoms with E-state index in [0.717, 1.165) is 31.2 Å². The van der Waals surface area contributed by atoms with E-state index in [1.165, 1.54) is 0 Å². The molecule has 2 fully saturated rings. The highest BCUT2D eigenvalue weighted by atomic mass is 16.2. The molecule has 1 aromatic rings. The Kier molecular flexibility index (Phi) is 3.90. The molecule has 0 bridgehead atoms. The number of aryl methyl sites for hydroxylation is 1. The van der Waals surface area contributed by atoms with Gasteiger partial charge in [0.1, 0.15) is 5.82 Å². The van der Waals surface area contributed by atoms with Crippen molar-refractivity contribution in [1.29, 1.82) is 0 Å². The molecular formula is C16H21N3O2. The van der Waals surface area contributed by atoms with Crippen molar-refractivity contribution in [1.82, 2.24) is 9.88 Å². The van der Waals surface area contributed by atoms with Crippen molar-refractivity contribution in [3.05, 3.63) is 23.9 Å². The van der Waals surface area contributed by atoms with Gasteiger partial charge in [0, 0.05) is 31.1 Å². The first kappa shape index (κ1) is 14.0. The van der Waals surface area contributed by atoms with E-state index in [-0.39, 0.29) is 23.7 Å². The SMILES string of the molecule is Cc1ccc(NC(=O)C2CCN(C(=O)C3CC3)CC2)nc1. The lowest BCUT2D eigenvalue weighted by Crippen LogP contribution is -2.42. The molecule has 5 nitrogen and oxygen atoms in total. The summed E-state index contributed by atoms with van der Waals surface area (Å²) in [4.78, 5) is 30.3. The van der Waals surface area contributed by atoms with Crippen LogP contribution in [0.4, 0.5) is 5.82 Å². The van der Waals surface area contributed by atoms with Gasteiger partial charge in [-0.3, -0.25) is 9.59 Å². The predicted octanol–water partition coefficient (Wildman–Crippen LogP) is 1.98. The number of hydrogen-bond donors (Lipinski definition) is 1. The van der Waals surface area contributed by atoms with Crippen LogP contribution in [0.3, 0.4) is 0 Å². The van der Waals surface area contributed by atoms with Gasteiger partial charge in [-0.1, -0.05) is 6.07 Å². The molecule has 5 heteroatoms. The molecule has 1 aromatic heterocycles. The molecule has 0 radical (unpaired) electrons. The molecular weight excluding hydrogens is 266 g/mol. The van der Waals surface area contributed by atoms with Crippen LogP contribution in [0.15, 0.2) is 18.3 Å². The summed E-state index contributed by atoms with van der Waals surface area (Å²) >= 11 is 0. The third-order valence-electron chi connectivity index (χ3n) is 4.27. The van der Waals surface area contributed by atoms with Gasteiger partial charge in [-0.05, 0) is 44.2 Å². The van der Waals surface area contributed by atoms with Crippen molar-refractivity contribution in [2.45, 2.75) is 32.6 Å². The number of nitrogens with zero attached hydrogens (tertiary/aromatic N) is 2. The fourth-order valence-electron chi connectivity index (χ4n) is 2.72. The Morgan fingerprint density at radius 2 is 1.86 bits per heavy atom. The zero-order valence-electron chi connectivity index (χ0n) is 12.3. The topological polar surface area (TPSA) is 62.3 Å². The molecule has 0 aromatic carbocycles. The molecule has 0 atom stereocenters. The molecule has 0 spiro atoms. The average Bonchev–Trinajstić information content (AvgIpc) is 3.34. The van der Waals surface area contributed by atoms with Gasteiger partial charge in [0.2, 0.25) is 11.8 Å². The monoisotopic (exact) mass is 287 g/mol. The number of carbonyl (C=O) groups is 2. The third kappa shape index (κ3) is 3.40. The second-order valence-corrected chi connectivity index (χ2v) is 6.08. The number of nitrogens with one attached hydrogen (secondary N) is 1. The molecule has 1 aliphatic carbocycles. The predicted molar refractivity (Wildman–Crippen MR) is 79.6 cm³/mol. The summed E-state index contributed by atoms with van der Waals surface area (Å²) in [5, 5.41) is 2.86. The van der Waals surface area contributed by atoms with Gasteiger partial charge >= 0.3 is 0 Å². The van der Waals surface area contributed by atoms with E-state index in [0.29, 0.717) is 18.9 Å². The minimum atomic E-state index is -0.0173. The maximum Gasteiger partial charge on any atom is 0.228 e. The van der Waals surface area contributed by atoms with E-state index in [9.17, 15) is 9.59 Å². The highest BCUT2D eigenvalue weighted by Gasteiger charge is 2.35. The van der Waals surface area contributed by atoms with Gasteiger partial charge in [0.15, 0.2) is 0 Å². The van der Waals surface area contributed by atoms with Crippen molar-refractivity contribution >= 4 is 17.6 Å². The maximum atomic E-state index is 12.2. The smallest absolute Gasteiger partial charge is 0.228 e. The highest BCUT2D eigenvalue weighted by molar-refractivity contribution is 5.92. The number of piperidine rings is 1. The average molecular weight is 287 g/mol. The van der Waals surface area contributed by atoms with Crippen LogP contribution in [0.1, 0.15) is 31.2 Å². The molecule has 1 saturated carbocycles. The van der Waals surface area contributed by atoms with E-state index in [1.54, 1.807) is 6.20 Å². The Bertz CT molecular complexity index is 529. The normalized spacial score (nSPS) is 19.4. The summed E-state index contributed by atoms with van der Waals surface area (Å²) in [5.74, 6) is 1.16. The van der Waals surface area contributed by atoms with Gasteiger partial charge in [-0.2, -0.15) is 0 Å². The highest BCUT2D eigenvalue weighted by Crippen LogP contribution is 2.32. The Morgan fingerprint density at radius 1 is 1.14 bits per heavy atom. The zero-order chi connectivity index (χ0) is 14.8. The quantitative estimate of drug-likeness (QED) is 0.924. The second kappa shape index (κ2) is 5.84. The Morgan fingerprint density at radius 3 is 2.43 bits per heavy atom. The number of likely N-dealkylation sites (tertiary alicyclic amines) is 1. The van der Waals surface area contributed by atoms with Crippen molar-refractivity contribution in [2.24, 2.45) is 11.8 Å². The van der Waals surface area contributed by atoms with E-state index >= 15 is 0 Å². The number of pyridine rings is 1. The number of carbonyl (C=O) groups excluding carboxylic acids is 2. The summed E-state index contributed by atoms with van der Waals surface area (Å²) in [6, 6.07) is 3.75. The molecule has 2 amide bonds. The number of aromatic nitrogens is 1. The first-order valence-corrected chi connectivity index (χ1v) is 7.66. The summed E-state index contributed by atoms with van der Waals surface area (Å²) in [6.07, 6.45) is 5.31. The van der Waals surface area contributed by atoms with Crippen molar-refractivity contribution in [2.75, 3.05) is 18.4 Å². The van der Waals surface area contributed by atoms with E-state index in [4.69, 9.17) is 0 Å². The van der Waals surface area contributed by atoms with Gasteiger partial charge in [0.05, 0.1) is 0 Å². The van der Waals surface area contributed by atoms with E-state index < -0.39 is 0 Å². The number of hydrogen-bond acceptors (Lipinski definition) is 3. The molecule has 1 N–H and O–H groups in total. The summed E-state index contributed by atoms with van der Waals surface area (Å²) < 4.78 is 0. The molecule has 3 rings (SSSR count). The van der Waals surface area contributed by atoms with Crippen molar-refractivity contribution in [3.8, 4) is 0 Å². The van der Waals surface area contributed by atoms with Crippen LogP contribution in [0.5, 0.6) is 0 Å².